The monoisotopic (exact) mass is 451 g/mol. The van der Waals surface area contributed by atoms with E-state index in [0.29, 0.717) is 22.3 Å². The van der Waals surface area contributed by atoms with Crippen molar-refractivity contribution in [2.45, 2.75) is 32.3 Å². The molecule has 166 valence electrons. The van der Waals surface area contributed by atoms with E-state index in [-0.39, 0.29) is 5.91 Å². The Morgan fingerprint density at radius 2 is 1.69 bits per heavy atom. The predicted octanol–water partition coefficient (Wildman–Crippen LogP) is 5.27. The summed E-state index contributed by atoms with van der Waals surface area (Å²) in [7, 11) is 0. The first-order valence-electron chi connectivity index (χ1n) is 10.6. The Kier molecular flexibility index (Phi) is 6.46. The molecule has 3 aromatic rings. The van der Waals surface area contributed by atoms with Crippen LogP contribution in [-0.2, 0) is 4.79 Å². The number of ether oxygens (including phenoxy) is 1. The Bertz CT molecular complexity index is 1060. The van der Waals surface area contributed by atoms with Crippen LogP contribution >= 0.6 is 11.6 Å². The second-order valence-corrected chi connectivity index (χ2v) is 8.65. The Labute approximate surface area is 192 Å². The van der Waals surface area contributed by atoms with Crippen molar-refractivity contribution in [3.05, 3.63) is 65.8 Å². The molecule has 2 N–H and O–H groups in total. The van der Waals surface area contributed by atoms with E-state index in [1.165, 1.54) is 12.8 Å². The van der Waals surface area contributed by atoms with E-state index in [1.807, 2.05) is 30.3 Å². The number of benzene rings is 2. The second kappa shape index (κ2) is 9.44. The molecule has 0 unspecified atom stereocenters. The second-order valence-electron chi connectivity index (χ2n) is 8.22. The number of hydrogen-bond acceptors (Lipinski definition) is 6. The number of halogens is 1. The molecular formula is C24H26ClN5O2. The summed E-state index contributed by atoms with van der Waals surface area (Å²) in [5.74, 6) is 1.01. The first-order chi connectivity index (χ1) is 15.4. The molecular weight excluding hydrogens is 426 g/mol. The average molecular weight is 452 g/mol. The lowest BCUT2D eigenvalue weighted by molar-refractivity contribution is -0.128. The normalized spacial score (nSPS) is 13.7. The highest BCUT2D eigenvalue weighted by Crippen LogP contribution is 2.25. The van der Waals surface area contributed by atoms with Crippen LogP contribution in [0.25, 0.3) is 0 Å². The van der Waals surface area contributed by atoms with Crippen molar-refractivity contribution in [2.75, 3.05) is 28.6 Å². The summed E-state index contributed by atoms with van der Waals surface area (Å²) in [6.45, 7) is 5.55. The van der Waals surface area contributed by atoms with E-state index in [2.05, 4.69) is 25.7 Å². The molecule has 1 aliphatic rings. The van der Waals surface area contributed by atoms with Gasteiger partial charge >= 0.3 is 0 Å². The number of nitrogens with zero attached hydrogens (tertiary/aromatic N) is 3. The van der Waals surface area contributed by atoms with Crippen LogP contribution in [0.1, 0.15) is 26.7 Å². The molecule has 2 aromatic carbocycles. The van der Waals surface area contributed by atoms with Gasteiger partial charge in [-0.05, 0) is 75.2 Å². The quantitative estimate of drug-likeness (QED) is 0.509. The van der Waals surface area contributed by atoms with Gasteiger partial charge in [0, 0.05) is 35.6 Å². The van der Waals surface area contributed by atoms with Crippen molar-refractivity contribution in [3.63, 3.8) is 0 Å². The summed E-state index contributed by atoms with van der Waals surface area (Å²) >= 11 is 5.90. The Morgan fingerprint density at radius 3 is 2.38 bits per heavy atom. The number of amides is 1. The largest absolute Gasteiger partial charge is 0.478 e. The lowest BCUT2D eigenvalue weighted by atomic mass is 10.1. The van der Waals surface area contributed by atoms with Crippen molar-refractivity contribution in [2.24, 2.45) is 0 Å². The van der Waals surface area contributed by atoms with Gasteiger partial charge in [-0.1, -0.05) is 11.6 Å². The lowest BCUT2D eigenvalue weighted by Crippen LogP contribution is -2.42. The van der Waals surface area contributed by atoms with E-state index < -0.39 is 5.60 Å². The number of aromatic nitrogens is 2. The molecule has 0 aliphatic carbocycles. The van der Waals surface area contributed by atoms with E-state index >= 15 is 0 Å². The van der Waals surface area contributed by atoms with Gasteiger partial charge in [-0.3, -0.25) is 4.79 Å². The topological polar surface area (TPSA) is 79.4 Å². The minimum absolute atomic E-state index is 0.252. The summed E-state index contributed by atoms with van der Waals surface area (Å²) in [4.78, 5) is 15.1. The third-order valence-corrected chi connectivity index (χ3v) is 5.51. The van der Waals surface area contributed by atoms with Gasteiger partial charge in [-0.15, -0.1) is 5.10 Å². The van der Waals surface area contributed by atoms with Gasteiger partial charge in [0.1, 0.15) is 5.75 Å². The zero-order valence-corrected chi connectivity index (χ0v) is 18.9. The van der Waals surface area contributed by atoms with Crippen LogP contribution in [0.3, 0.4) is 0 Å². The zero-order valence-electron chi connectivity index (χ0n) is 18.1. The van der Waals surface area contributed by atoms with Gasteiger partial charge in [-0.25, -0.2) is 0 Å². The highest BCUT2D eigenvalue weighted by Gasteiger charge is 2.30. The Balaban J connectivity index is 1.36. The van der Waals surface area contributed by atoms with E-state index in [9.17, 15) is 4.79 Å². The summed E-state index contributed by atoms with van der Waals surface area (Å²) in [6.07, 6.45) is 4.21. The molecule has 1 aliphatic heterocycles. The smallest absolute Gasteiger partial charge is 0.267 e. The van der Waals surface area contributed by atoms with Crippen LogP contribution in [0.5, 0.6) is 5.75 Å². The van der Waals surface area contributed by atoms with Crippen molar-refractivity contribution in [3.8, 4) is 5.75 Å². The van der Waals surface area contributed by atoms with Crippen LogP contribution in [-0.4, -0.2) is 34.8 Å². The van der Waals surface area contributed by atoms with Crippen LogP contribution < -0.4 is 20.3 Å². The molecule has 8 heteroatoms. The average Bonchev–Trinajstić information content (AvgIpc) is 3.32. The molecule has 1 saturated heterocycles. The lowest BCUT2D eigenvalue weighted by Gasteiger charge is -2.25. The van der Waals surface area contributed by atoms with Gasteiger partial charge < -0.3 is 20.3 Å². The van der Waals surface area contributed by atoms with Crippen LogP contribution in [0.2, 0.25) is 5.02 Å². The molecule has 0 bridgehead atoms. The van der Waals surface area contributed by atoms with Crippen molar-refractivity contribution >= 4 is 40.4 Å². The van der Waals surface area contributed by atoms with Crippen LogP contribution in [0.15, 0.2) is 60.8 Å². The summed E-state index contributed by atoms with van der Waals surface area (Å²) in [6, 6.07) is 16.3. The molecule has 7 nitrogen and oxygen atoms in total. The molecule has 1 aromatic heterocycles. The van der Waals surface area contributed by atoms with Gasteiger partial charge in [0.25, 0.3) is 5.91 Å². The van der Waals surface area contributed by atoms with Crippen molar-refractivity contribution in [1.82, 2.24) is 10.2 Å². The summed E-state index contributed by atoms with van der Waals surface area (Å²) in [5, 5.41) is 15.1. The fraction of sp³-hybridized carbons (Fsp3) is 0.292. The molecule has 1 amide bonds. The first kappa shape index (κ1) is 21.9. The van der Waals surface area contributed by atoms with E-state index in [0.717, 1.165) is 24.5 Å². The fourth-order valence-corrected chi connectivity index (χ4v) is 3.60. The standard InChI is InChI=1S/C24H26ClN5O2/c1-24(2,32-21-11-5-17(25)6-12-21)23(31)28-19-9-7-18(8-10-19)27-22-15-20(16-26-29-22)30-13-3-4-14-30/h5-12,15-16H,3-4,13-14H2,1-2H3,(H,27,29)(H,28,31). The molecule has 0 spiro atoms. The predicted molar refractivity (Wildman–Crippen MR) is 128 cm³/mol. The number of carbonyl (C=O) groups is 1. The SMILES string of the molecule is CC(C)(Oc1ccc(Cl)cc1)C(=O)Nc1ccc(Nc2cc(N3CCCC3)cnn2)cc1. The van der Waals surface area contributed by atoms with Crippen molar-refractivity contribution in [1.29, 1.82) is 0 Å². The highest BCUT2D eigenvalue weighted by molar-refractivity contribution is 6.30. The first-order valence-corrected chi connectivity index (χ1v) is 11.0. The number of anilines is 4. The summed E-state index contributed by atoms with van der Waals surface area (Å²) < 4.78 is 5.84. The van der Waals surface area contributed by atoms with Gasteiger partial charge in [0.2, 0.25) is 0 Å². The molecule has 32 heavy (non-hydrogen) atoms. The maximum absolute atomic E-state index is 12.7. The third kappa shape index (κ3) is 5.48. The number of carbonyl (C=O) groups excluding carboxylic acids is 1. The molecule has 0 saturated carbocycles. The van der Waals surface area contributed by atoms with Crippen LogP contribution in [0, 0.1) is 0 Å². The molecule has 1 fully saturated rings. The number of nitrogens with one attached hydrogen (secondary N) is 2. The van der Waals surface area contributed by atoms with Crippen LogP contribution in [0.4, 0.5) is 22.9 Å². The maximum atomic E-state index is 12.7. The number of rotatable bonds is 7. The molecule has 0 atom stereocenters. The minimum atomic E-state index is -1.06. The van der Waals surface area contributed by atoms with Gasteiger partial charge in [0.15, 0.2) is 11.4 Å². The Morgan fingerprint density at radius 1 is 1.03 bits per heavy atom. The maximum Gasteiger partial charge on any atom is 0.267 e. The van der Waals surface area contributed by atoms with E-state index in [1.54, 1.807) is 44.3 Å². The van der Waals surface area contributed by atoms with Crippen molar-refractivity contribution < 1.29 is 9.53 Å². The Hall–Kier alpha value is -3.32. The molecule has 4 rings (SSSR count). The summed E-state index contributed by atoms with van der Waals surface area (Å²) in [5.41, 5.74) is 1.54. The molecule has 2 heterocycles. The minimum Gasteiger partial charge on any atom is -0.478 e. The van der Waals surface area contributed by atoms with Gasteiger partial charge in [-0.2, -0.15) is 5.10 Å². The van der Waals surface area contributed by atoms with E-state index in [4.69, 9.17) is 16.3 Å². The highest BCUT2D eigenvalue weighted by atomic mass is 35.5. The van der Waals surface area contributed by atoms with Gasteiger partial charge in [0.05, 0.1) is 11.9 Å². The molecule has 0 radical (unpaired) electrons. The zero-order chi connectivity index (χ0) is 22.6. The fourth-order valence-electron chi connectivity index (χ4n) is 3.48. The third-order valence-electron chi connectivity index (χ3n) is 5.26. The number of hydrogen-bond donors (Lipinski definition) is 2.